The summed E-state index contributed by atoms with van der Waals surface area (Å²) in [5, 5.41) is 3.01. The van der Waals surface area contributed by atoms with Gasteiger partial charge in [0, 0.05) is 39.1 Å². The molecule has 2 amide bonds. The number of morpholine rings is 1. The molecule has 2 aromatic rings. The molecule has 0 aromatic heterocycles. The van der Waals surface area contributed by atoms with E-state index in [1.54, 1.807) is 12.0 Å². The predicted octanol–water partition coefficient (Wildman–Crippen LogP) is 3.28. The van der Waals surface area contributed by atoms with Crippen molar-refractivity contribution in [2.45, 2.75) is 52.5 Å². The van der Waals surface area contributed by atoms with Crippen LogP contribution in [0.5, 0.6) is 5.75 Å². The van der Waals surface area contributed by atoms with E-state index in [0.29, 0.717) is 18.8 Å². The fraction of sp³-hybridized carbons (Fsp3) is 0.481. The lowest BCUT2D eigenvalue weighted by molar-refractivity contribution is -0.126. The summed E-state index contributed by atoms with van der Waals surface area (Å²) in [4.78, 5) is 29.6. The lowest BCUT2D eigenvalue weighted by Gasteiger charge is -2.35. The Kier molecular flexibility index (Phi) is 7.54. The van der Waals surface area contributed by atoms with E-state index in [-0.39, 0.29) is 36.4 Å². The van der Waals surface area contributed by atoms with Crippen molar-refractivity contribution in [2.24, 2.45) is 5.92 Å². The van der Waals surface area contributed by atoms with E-state index in [4.69, 9.17) is 9.47 Å². The summed E-state index contributed by atoms with van der Waals surface area (Å²) in [7, 11) is 1.59. The van der Waals surface area contributed by atoms with E-state index in [9.17, 15) is 9.59 Å². The van der Waals surface area contributed by atoms with Crippen molar-refractivity contribution >= 4 is 17.5 Å². The summed E-state index contributed by atoms with van der Waals surface area (Å²) in [6.07, 6.45) is 0.713. The van der Waals surface area contributed by atoms with Crippen LogP contribution in [0.3, 0.4) is 0 Å². The summed E-state index contributed by atoms with van der Waals surface area (Å²) in [5.41, 5.74) is 4.06. The third kappa shape index (κ3) is 5.77. The fourth-order valence-electron chi connectivity index (χ4n) is 4.89. The molecule has 7 nitrogen and oxygen atoms in total. The van der Waals surface area contributed by atoms with Crippen LogP contribution in [-0.4, -0.2) is 55.7 Å². The monoisotopic (exact) mass is 465 g/mol. The lowest BCUT2D eigenvalue weighted by atomic mass is 10.1. The van der Waals surface area contributed by atoms with Crippen LogP contribution in [0.4, 0.5) is 5.69 Å². The van der Waals surface area contributed by atoms with Gasteiger partial charge in [0.1, 0.15) is 5.75 Å². The summed E-state index contributed by atoms with van der Waals surface area (Å²) < 4.78 is 11.2. The Balaban J connectivity index is 1.30. The fourth-order valence-corrected chi connectivity index (χ4v) is 4.89. The van der Waals surface area contributed by atoms with E-state index >= 15 is 0 Å². The first kappa shape index (κ1) is 24.2. The van der Waals surface area contributed by atoms with Crippen molar-refractivity contribution in [3.05, 3.63) is 59.2 Å². The first-order valence-electron chi connectivity index (χ1n) is 12.0. The van der Waals surface area contributed by atoms with Gasteiger partial charge in [0.15, 0.2) is 0 Å². The molecule has 2 aliphatic rings. The number of hydrogen-bond donors (Lipinski definition) is 1. The smallest absolute Gasteiger partial charge is 0.227 e. The van der Waals surface area contributed by atoms with E-state index < -0.39 is 0 Å². The van der Waals surface area contributed by atoms with Crippen LogP contribution in [0, 0.1) is 12.8 Å². The number of anilines is 1. The number of nitrogens with zero attached hydrogens (tertiary/aromatic N) is 2. The maximum atomic E-state index is 12.8. The molecule has 2 saturated heterocycles. The van der Waals surface area contributed by atoms with Gasteiger partial charge in [-0.25, -0.2) is 0 Å². The Morgan fingerprint density at radius 2 is 1.74 bits per heavy atom. The highest BCUT2D eigenvalue weighted by Crippen LogP contribution is 2.34. The van der Waals surface area contributed by atoms with Crippen molar-refractivity contribution in [3.63, 3.8) is 0 Å². The van der Waals surface area contributed by atoms with Gasteiger partial charge in [-0.3, -0.25) is 14.5 Å². The number of carbonyl (C=O) groups is 2. The van der Waals surface area contributed by atoms with Crippen LogP contribution in [0.1, 0.15) is 37.0 Å². The third-order valence-corrected chi connectivity index (χ3v) is 6.51. The summed E-state index contributed by atoms with van der Waals surface area (Å²) in [6, 6.07) is 14.1. The standard InChI is InChI=1S/C27H35N3O4/c1-18-5-10-25(33-4)24(11-18)30-17-23(12-26(30)31)27(32)28-13-21-6-8-22(9-7-21)16-29-14-19(2)34-20(3)15-29/h5-11,19-20,23H,12-17H2,1-4H3,(H,28,32). The second-order valence-corrected chi connectivity index (χ2v) is 9.57. The number of carbonyl (C=O) groups excluding carboxylic acids is 2. The van der Waals surface area contributed by atoms with Gasteiger partial charge in [-0.05, 0) is 49.6 Å². The molecular weight excluding hydrogens is 430 g/mol. The number of rotatable bonds is 7. The van der Waals surface area contributed by atoms with Crippen LogP contribution in [0.25, 0.3) is 0 Å². The number of benzene rings is 2. The van der Waals surface area contributed by atoms with Crippen molar-refractivity contribution in [3.8, 4) is 5.75 Å². The molecule has 34 heavy (non-hydrogen) atoms. The molecule has 2 heterocycles. The van der Waals surface area contributed by atoms with Gasteiger partial charge in [-0.1, -0.05) is 30.3 Å². The second kappa shape index (κ2) is 10.6. The molecule has 3 atom stereocenters. The molecule has 2 aliphatic heterocycles. The van der Waals surface area contributed by atoms with Crippen molar-refractivity contribution in [1.29, 1.82) is 0 Å². The minimum Gasteiger partial charge on any atom is -0.495 e. The van der Waals surface area contributed by atoms with Gasteiger partial charge in [-0.2, -0.15) is 0 Å². The molecule has 7 heteroatoms. The molecule has 2 aromatic carbocycles. The predicted molar refractivity (Wildman–Crippen MR) is 132 cm³/mol. The van der Waals surface area contributed by atoms with E-state index in [0.717, 1.165) is 36.4 Å². The largest absolute Gasteiger partial charge is 0.495 e. The zero-order valence-electron chi connectivity index (χ0n) is 20.5. The van der Waals surface area contributed by atoms with Gasteiger partial charge in [0.2, 0.25) is 11.8 Å². The highest BCUT2D eigenvalue weighted by atomic mass is 16.5. The third-order valence-electron chi connectivity index (χ3n) is 6.51. The zero-order chi connectivity index (χ0) is 24.2. The Hall–Kier alpha value is -2.90. The van der Waals surface area contributed by atoms with Crippen molar-refractivity contribution in [1.82, 2.24) is 10.2 Å². The maximum Gasteiger partial charge on any atom is 0.227 e. The lowest BCUT2D eigenvalue weighted by Crippen LogP contribution is -2.44. The molecule has 1 N–H and O–H groups in total. The number of ether oxygens (including phenoxy) is 2. The van der Waals surface area contributed by atoms with Crippen LogP contribution in [-0.2, 0) is 27.4 Å². The minimum absolute atomic E-state index is 0.0554. The molecular formula is C27H35N3O4. The Morgan fingerprint density at radius 1 is 1.06 bits per heavy atom. The number of aryl methyl sites for hydroxylation is 1. The minimum atomic E-state index is -0.373. The molecule has 182 valence electrons. The number of amides is 2. The van der Waals surface area contributed by atoms with E-state index in [1.807, 2.05) is 25.1 Å². The highest BCUT2D eigenvalue weighted by molar-refractivity contribution is 6.01. The number of nitrogens with one attached hydrogen (secondary N) is 1. The van der Waals surface area contributed by atoms with Gasteiger partial charge in [0.25, 0.3) is 0 Å². The van der Waals surface area contributed by atoms with Crippen LogP contribution >= 0.6 is 0 Å². The summed E-state index contributed by atoms with van der Waals surface area (Å²) in [6.45, 7) is 9.78. The molecule has 3 unspecified atom stereocenters. The average molecular weight is 466 g/mol. The molecule has 2 fully saturated rings. The van der Waals surface area contributed by atoms with Crippen molar-refractivity contribution < 1.29 is 19.1 Å². The second-order valence-electron chi connectivity index (χ2n) is 9.57. The quantitative estimate of drug-likeness (QED) is 0.680. The molecule has 0 bridgehead atoms. The average Bonchev–Trinajstić information content (AvgIpc) is 3.19. The first-order valence-corrected chi connectivity index (χ1v) is 12.0. The normalized spacial score (nSPS) is 23.2. The van der Waals surface area contributed by atoms with Gasteiger partial charge < -0.3 is 19.7 Å². The first-order chi connectivity index (χ1) is 16.3. The maximum absolute atomic E-state index is 12.8. The topological polar surface area (TPSA) is 71.1 Å². The Morgan fingerprint density at radius 3 is 2.41 bits per heavy atom. The van der Waals surface area contributed by atoms with Crippen molar-refractivity contribution in [2.75, 3.05) is 31.6 Å². The van der Waals surface area contributed by atoms with E-state index in [2.05, 4.69) is 48.3 Å². The summed E-state index contributed by atoms with van der Waals surface area (Å²) in [5.74, 6) is 0.117. The van der Waals surface area contributed by atoms with Gasteiger partial charge in [0.05, 0.1) is 30.9 Å². The number of methoxy groups -OCH3 is 1. The summed E-state index contributed by atoms with van der Waals surface area (Å²) >= 11 is 0. The molecule has 0 aliphatic carbocycles. The van der Waals surface area contributed by atoms with Crippen LogP contribution < -0.4 is 15.0 Å². The van der Waals surface area contributed by atoms with Crippen LogP contribution in [0.15, 0.2) is 42.5 Å². The Bertz CT molecular complexity index is 1010. The highest BCUT2D eigenvalue weighted by Gasteiger charge is 2.36. The molecule has 0 radical (unpaired) electrons. The van der Waals surface area contributed by atoms with E-state index in [1.165, 1.54) is 5.56 Å². The number of hydrogen-bond acceptors (Lipinski definition) is 5. The molecule has 0 saturated carbocycles. The SMILES string of the molecule is COc1ccc(C)cc1N1CC(C(=O)NCc2ccc(CN3CC(C)OC(C)C3)cc2)CC1=O. The molecule has 4 rings (SSSR count). The van der Waals surface area contributed by atoms with Crippen LogP contribution in [0.2, 0.25) is 0 Å². The van der Waals surface area contributed by atoms with Gasteiger partial charge in [-0.15, -0.1) is 0 Å². The molecule has 0 spiro atoms. The van der Waals surface area contributed by atoms with Gasteiger partial charge >= 0.3 is 0 Å². The Labute approximate surface area is 202 Å². The zero-order valence-corrected chi connectivity index (χ0v) is 20.5.